The van der Waals surface area contributed by atoms with Crippen molar-refractivity contribution < 1.29 is 14.6 Å². The van der Waals surface area contributed by atoms with Crippen molar-refractivity contribution in [1.29, 1.82) is 0 Å². The van der Waals surface area contributed by atoms with Gasteiger partial charge < -0.3 is 9.84 Å². The average Bonchev–Trinajstić information content (AvgIpc) is 2.46. The molecule has 3 heteroatoms. The molecule has 1 N–H and O–H groups in total. The molecule has 0 fully saturated rings. The van der Waals surface area contributed by atoms with Gasteiger partial charge in [-0.15, -0.1) is 0 Å². The lowest BCUT2D eigenvalue weighted by Crippen LogP contribution is -1.99. The van der Waals surface area contributed by atoms with E-state index in [2.05, 4.69) is 13.0 Å². The van der Waals surface area contributed by atoms with E-state index in [9.17, 15) is 4.79 Å². The van der Waals surface area contributed by atoms with Gasteiger partial charge in [-0.05, 0) is 42.7 Å². The molecule has 0 saturated heterocycles. The highest BCUT2D eigenvalue weighted by atomic mass is 16.5. The van der Waals surface area contributed by atoms with Crippen LogP contribution in [0.5, 0.6) is 11.5 Å². The first-order chi connectivity index (χ1) is 9.70. The summed E-state index contributed by atoms with van der Waals surface area (Å²) in [6.07, 6.45) is 3.29. The summed E-state index contributed by atoms with van der Waals surface area (Å²) < 4.78 is 5.71. The minimum absolute atomic E-state index is 0.173. The Morgan fingerprint density at radius 2 is 1.95 bits per heavy atom. The number of ether oxygens (including phenoxy) is 1. The number of carbonyl (C=O) groups is 1. The molecule has 0 unspecified atom stereocenters. The van der Waals surface area contributed by atoms with E-state index in [1.54, 1.807) is 24.3 Å². The molecule has 20 heavy (non-hydrogen) atoms. The van der Waals surface area contributed by atoms with Crippen molar-refractivity contribution in [3.63, 3.8) is 0 Å². The molecule has 2 aromatic carbocycles. The minimum Gasteiger partial charge on any atom is -0.478 e. The lowest BCUT2D eigenvalue weighted by Gasteiger charge is -2.09. The lowest BCUT2D eigenvalue weighted by atomic mass is 10.1. The van der Waals surface area contributed by atoms with Crippen molar-refractivity contribution in [3.05, 3.63) is 59.7 Å². The maximum Gasteiger partial charge on any atom is 0.339 e. The van der Waals surface area contributed by atoms with Gasteiger partial charge >= 0.3 is 5.97 Å². The SMILES string of the molecule is CCCCc1cccc(Oc2ccccc2C(=O)O)c1. The number of benzene rings is 2. The highest BCUT2D eigenvalue weighted by molar-refractivity contribution is 5.90. The Bertz CT molecular complexity index is 590. The number of carboxylic acids is 1. The molecule has 104 valence electrons. The number of rotatable bonds is 6. The third kappa shape index (κ3) is 3.60. The summed E-state index contributed by atoms with van der Waals surface area (Å²) in [5.74, 6) is 0.0580. The van der Waals surface area contributed by atoms with Crippen LogP contribution in [0.2, 0.25) is 0 Å². The topological polar surface area (TPSA) is 46.5 Å². The number of aromatic carboxylic acids is 1. The lowest BCUT2D eigenvalue weighted by molar-refractivity contribution is 0.0694. The van der Waals surface area contributed by atoms with Crippen LogP contribution in [0.15, 0.2) is 48.5 Å². The fourth-order valence-electron chi connectivity index (χ4n) is 2.00. The maximum absolute atomic E-state index is 11.1. The Labute approximate surface area is 118 Å². The number of hydrogen-bond acceptors (Lipinski definition) is 2. The molecule has 0 amide bonds. The van der Waals surface area contributed by atoms with E-state index in [0.29, 0.717) is 11.5 Å². The molecular weight excluding hydrogens is 252 g/mol. The summed E-state index contributed by atoms with van der Waals surface area (Å²) in [5, 5.41) is 9.13. The molecule has 0 aliphatic rings. The zero-order valence-electron chi connectivity index (χ0n) is 11.5. The van der Waals surface area contributed by atoms with E-state index in [0.717, 1.165) is 19.3 Å². The second-order valence-electron chi connectivity index (χ2n) is 4.65. The fraction of sp³-hybridized carbons (Fsp3) is 0.235. The minimum atomic E-state index is -0.984. The molecular formula is C17H18O3. The summed E-state index contributed by atoms with van der Waals surface area (Å²) in [6, 6.07) is 14.5. The molecule has 0 aromatic heterocycles. The molecule has 3 nitrogen and oxygen atoms in total. The van der Waals surface area contributed by atoms with Gasteiger partial charge in [-0.3, -0.25) is 0 Å². The summed E-state index contributed by atoms with van der Waals surface area (Å²) >= 11 is 0. The van der Waals surface area contributed by atoms with Gasteiger partial charge in [0.1, 0.15) is 17.1 Å². The van der Waals surface area contributed by atoms with Crippen molar-refractivity contribution >= 4 is 5.97 Å². The standard InChI is InChI=1S/C17H18O3/c1-2-3-7-13-8-6-9-14(12-13)20-16-11-5-4-10-15(16)17(18)19/h4-6,8-12H,2-3,7H2,1H3,(H,18,19). The van der Waals surface area contributed by atoms with Gasteiger partial charge in [-0.1, -0.05) is 37.6 Å². The van der Waals surface area contributed by atoms with Crippen LogP contribution in [0, 0.1) is 0 Å². The van der Waals surface area contributed by atoms with E-state index in [4.69, 9.17) is 9.84 Å². The highest BCUT2D eigenvalue weighted by Gasteiger charge is 2.10. The maximum atomic E-state index is 11.1. The Hall–Kier alpha value is -2.29. The molecule has 2 rings (SSSR count). The van der Waals surface area contributed by atoms with Crippen molar-refractivity contribution in [2.24, 2.45) is 0 Å². The molecule has 0 aliphatic heterocycles. The van der Waals surface area contributed by atoms with E-state index in [-0.39, 0.29) is 5.56 Å². The highest BCUT2D eigenvalue weighted by Crippen LogP contribution is 2.26. The second kappa shape index (κ2) is 6.75. The van der Waals surface area contributed by atoms with Crippen molar-refractivity contribution in [3.8, 4) is 11.5 Å². The molecule has 0 radical (unpaired) electrons. The summed E-state index contributed by atoms with van der Waals surface area (Å²) in [4.78, 5) is 11.1. The normalized spacial score (nSPS) is 10.2. The summed E-state index contributed by atoms with van der Waals surface area (Å²) in [5.41, 5.74) is 1.38. The van der Waals surface area contributed by atoms with Crippen LogP contribution in [-0.4, -0.2) is 11.1 Å². The van der Waals surface area contributed by atoms with Crippen LogP contribution in [0.3, 0.4) is 0 Å². The first kappa shape index (κ1) is 14.1. The summed E-state index contributed by atoms with van der Waals surface area (Å²) in [6.45, 7) is 2.16. The predicted molar refractivity (Wildman–Crippen MR) is 78.5 cm³/mol. The smallest absolute Gasteiger partial charge is 0.339 e. The van der Waals surface area contributed by atoms with Crippen LogP contribution >= 0.6 is 0 Å². The zero-order chi connectivity index (χ0) is 14.4. The fourth-order valence-corrected chi connectivity index (χ4v) is 2.00. The van der Waals surface area contributed by atoms with E-state index >= 15 is 0 Å². The van der Waals surface area contributed by atoms with E-state index < -0.39 is 5.97 Å². The number of carboxylic acid groups (broad SMARTS) is 1. The molecule has 0 spiro atoms. The van der Waals surface area contributed by atoms with Crippen molar-refractivity contribution in [1.82, 2.24) is 0 Å². The van der Waals surface area contributed by atoms with E-state index in [1.807, 2.05) is 18.2 Å². The molecule has 2 aromatic rings. The Balaban J connectivity index is 2.20. The molecule has 0 bridgehead atoms. The van der Waals surface area contributed by atoms with Crippen LogP contribution in [0.25, 0.3) is 0 Å². The monoisotopic (exact) mass is 270 g/mol. The van der Waals surface area contributed by atoms with Gasteiger partial charge in [0.25, 0.3) is 0 Å². The van der Waals surface area contributed by atoms with Gasteiger partial charge in [0.05, 0.1) is 0 Å². The van der Waals surface area contributed by atoms with Crippen LogP contribution in [-0.2, 0) is 6.42 Å². The van der Waals surface area contributed by atoms with E-state index in [1.165, 1.54) is 5.56 Å². The second-order valence-corrected chi connectivity index (χ2v) is 4.65. The number of para-hydroxylation sites is 1. The quantitative estimate of drug-likeness (QED) is 0.839. The third-order valence-corrected chi connectivity index (χ3v) is 3.06. The van der Waals surface area contributed by atoms with Gasteiger partial charge in [0, 0.05) is 0 Å². The Morgan fingerprint density at radius 1 is 1.15 bits per heavy atom. The predicted octanol–water partition coefficient (Wildman–Crippen LogP) is 4.52. The van der Waals surface area contributed by atoms with Crippen LogP contribution < -0.4 is 4.74 Å². The summed E-state index contributed by atoms with van der Waals surface area (Å²) in [7, 11) is 0. The van der Waals surface area contributed by atoms with Crippen molar-refractivity contribution in [2.75, 3.05) is 0 Å². The van der Waals surface area contributed by atoms with Gasteiger partial charge in [0.15, 0.2) is 0 Å². The third-order valence-electron chi connectivity index (χ3n) is 3.06. The molecule has 0 saturated carbocycles. The number of hydrogen-bond donors (Lipinski definition) is 1. The number of unbranched alkanes of at least 4 members (excludes halogenated alkanes) is 1. The average molecular weight is 270 g/mol. The first-order valence-electron chi connectivity index (χ1n) is 6.80. The van der Waals surface area contributed by atoms with Crippen molar-refractivity contribution in [2.45, 2.75) is 26.2 Å². The van der Waals surface area contributed by atoms with Gasteiger partial charge in [-0.2, -0.15) is 0 Å². The van der Waals surface area contributed by atoms with Gasteiger partial charge in [-0.25, -0.2) is 4.79 Å². The Kier molecular flexibility index (Phi) is 4.77. The first-order valence-corrected chi connectivity index (χ1v) is 6.80. The molecule has 0 atom stereocenters. The molecule has 0 heterocycles. The zero-order valence-corrected chi connectivity index (χ0v) is 11.5. The largest absolute Gasteiger partial charge is 0.478 e. The Morgan fingerprint density at radius 3 is 2.70 bits per heavy atom. The van der Waals surface area contributed by atoms with Crippen LogP contribution in [0.4, 0.5) is 0 Å². The van der Waals surface area contributed by atoms with Gasteiger partial charge in [0.2, 0.25) is 0 Å². The number of aryl methyl sites for hydroxylation is 1. The molecule has 0 aliphatic carbocycles. The van der Waals surface area contributed by atoms with Crippen LogP contribution in [0.1, 0.15) is 35.7 Å².